The number of benzene rings is 1. The number of carbonyl (C=O) groups excluding carboxylic acids is 1. The number of anilines is 1. The van der Waals surface area contributed by atoms with Gasteiger partial charge in [-0.15, -0.1) is 0 Å². The highest BCUT2D eigenvalue weighted by Crippen LogP contribution is 2.11. The first kappa shape index (κ1) is 19.6. The second kappa shape index (κ2) is 10.3. The minimum absolute atomic E-state index is 0.112. The lowest BCUT2D eigenvalue weighted by molar-refractivity contribution is -0.116. The first-order valence-electron chi connectivity index (χ1n) is 9.12. The number of nitrogens with one attached hydrogen (secondary N) is 3. The molecule has 146 valence electrons. The Balaban J connectivity index is 1.55. The lowest BCUT2D eigenvalue weighted by atomic mass is 10.2. The summed E-state index contributed by atoms with van der Waals surface area (Å²) in [5, 5.41) is 17.7. The first-order chi connectivity index (χ1) is 13.7. The van der Waals surface area contributed by atoms with Crippen molar-refractivity contribution < 1.29 is 4.79 Å². The van der Waals surface area contributed by atoms with Crippen LogP contribution in [-0.4, -0.2) is 28.2 Å². The molecule has 28 heavy (non-hydrogen) atoms. The Morgan fingerprint density at radius 1 is 1.21 bits per heavy atom. The fourth-order valence-corrected chi connectivity index (χ4v) is 3.24. The number of aliphatic imine (C=N–C) groups is 1. The molecule has 8 heteroatoms. The van der Waals surface area contributed by atoms with E-state index in [9.17, 15) is 4.79 Å². The largest absolute Gasteiger partial charge is 0.357 e. The average Bonchev–Trinajstić information content (AvgIpc) is 3.38. The van der Waals surface area contributed by atoms with Gasteiger partial charge in [0, 0.05) is 31.2 Å². The van der Waals surface area contributed by atoms with Crippen molar-refractivity contribution in [2.24, 2.45) is 4.99 Å². The molecule has 3 rings (SSSR count). The molecule has 0 saturated heterocycles. The summed E-state index contributed by atoms with van der Waals surface area (Å²) < 4.78 is 1.59. The predicted molar refractivity (Wildman–Crippen MR) is 113 cm³/mol. The van der Waals surface area contributed by atoms with Crippen LogP contribution in [0, 0.1) is 0 Å². The Kier molecular flexibility index (Phi) is 7.20. The van der Waals surface area contributed by atoms with Crippen LogP contribution in [0.25, 0.3) is 0 Å². The van der Waals surface area contributed by atoms with Crippen molar-refractivity contribution in [3.8, 4) is 0 Å². The molecule has 3 aromatic rings. The summed E-state index contributed by atoms with van der Waals surface area (Å²) in [5.74, 6) is 0.654. The summed E-state index contributed by atoms with van der Waals surface area (Å²) in [5.41, 5.74) is 3.01. The number of thiophene rings is 1. The molecule has 0 bridgehead atoms. The highest BCUT2D eigenvalue weighted by molar-refractivity contribution is 7.07. The van der Waals surface area contributed by atoms with Crippen LogP contribution in [0.3, 0.4) is 0 Å². The van der Waals surface area contributed by atoms with Gasteiger partial charge in [0.2, 0.25) is 5.91 Å². The number of guanidine groups is 1. The van der Waals surface area contributed by atoms with Gasteiger partial charge in [0.15, 0.2) is 5.96 Å². The third kappa shape index (κ3) is 6.24. The van der Waals surface area contributed by atoms with Crippen molar-refractivity contribution >= 4 is 28.9 Å². The summed E-state index contributed by atoms with van der Waals surface area (Å²) in [6.07, 6.45) is 3.42. The van der Waals surface area contributed by atoms with Gasteiger partial charge in [-0.2, -0.15) is 16.4 Å². The van der Waals surface area contributed by atoms with E-state index in [1.54, 1.807) is 34.5 Å². The van der Waals surface area contributed by atoms with Crippen LogP contribution < -0.4 is 16.0 Å². The van der Waals surface area contributed by atoms with Crippen molar-refractivity contribution in [2.75, 3.05) is 11.9 Å². The second-order valence-electron chi connectivity index (χ2n) is 6.13. The normalized spacial score (nSPS) is 11.2. The fraction of sp³-hybridized carbons (Fsp3) is 0.250. The summed E-state index contributed by atoms with van der Waals surface area (Å²) in [7, 11) is 0. The van der Waals surface area contributed by atoms with Gasteiger partial charge < -0.3 is 16.0 Å². The molecule has 0 radical (unpaired) electrons. The van der Waals surface area contributed by atoms with E-state index in [2.05, 4.69) is 42.9 Å². The van der Waals surface area contributed by atoms with Crippen LogP contribution in [0.5, 0.6) is 0 Å². The lowest BCUT2D eigenvalue weighted by Gasteiger charge is -2.12. The van der Waals surface area contributed by atoms with E-state index in [4.69, 9.17) is 0 Å². The third-order valence-electron chi connectivity index (χ3n) is 3.88. The highest BCUT2D eigenvalue weighted by atomic mass is 32.1. The van der Waals surface area contributed by atoms with Crippen LogP contribution in [0.2, 0.25) is 0 Å². The molecule has 0 aliphatic carbocycles. The Labute approximate surface area is 168 Å². The zero-order chi connectivity index (χ0) is 19.6. The SMILES string of the molecule is CCNC(=NCc1ccsc1)NCc1cccc(NC(=O)Cn2cccn2)c1. The molecule has 0 fully saturated rings. The van der Waals surface area contributed by atoms with Gasteiger partial charge in [0.05, 0.1) is 6.54 Å². The monoisotopic (exact) mass is 396 g/mol. The van der Waals surface area contributed by atoms with Gasteiger partial charge in [-0.3, -0.25) is 9.48 Å². The molecule has 2 heterocycles. The number of nitrogens with zero attached hydrogens (tertiary/aromatic N) is 3. The number of aromatic nitrogens is 2. The standard InChI is InChI=1S/C20H24N6OS/c1-2-21-20(23-13-17-7-10-28-15-17)22-12-16-5-3-6-18(11-16)25-19(27)14-26-9-4-8-24-26/h3-11,15H,2,12-14H2,1H3,(H,25,27)(H2,21,22,23). The molecule has 1 amide bonds. The Morgan fingerprint density at radius 2 is 2.14 bits per heavy atom. The zero-order valence-corrected chi connectivity index (χ0v) is 16.6. The van der Waals surface area contributed by atoms with Crippen LogP contribution in [0.15, 0.2) is 64.5 Å². The van der Waals surface area contributed by atoms with Crippen LogP contribution in [0.1, 0.15) is 18.1 Å². The summed E-state index contributed by atoms with van der Waals surface area (Å²) in [6.45, 7) is 4.27. The van der Waals surface area contributed by atoms with E-state index in [1.165, 1.54) is 5.56 Å². The lowest BCUT2D eigenvalue weighted by Crippen LogP contribution is -2.36. The number of hydrogen-bond donors (Lipinski definition) is 3. The molecule has 7 nitrogen and oxygen atoms in total. The minimum atomic E-state index is -0.112. The number of carbonyl (C=O) groups is 1. The minimum Gasteiger partial charge on any atom is -0.357 e. The zero-order valence-electron chi connectivity index (χ0n) is 15.8. The number of amides is 1. The van der Waals surface area contributed by atoms with Crippen LogP contribution in [0.4, 0.5) is 5.69 Å². The van der Waals surface area contributed by atoms with Crippen molar-refractivity contribution in [2.45, 2.75) is 26.6 Å². The quantitative estimate of drug-likeness (QED) is 0.404. The molecular formula is C20H24N6OS. The molecule has 0 aliphatic rings. The predicted octanol–water partition coefficient (Wildman–Crippen LogP) is 2.84. The molecule has 0 saturated carbocycles. The molecule has 2 aromatic heterocycles. The van der Waals surface area contributed by atoms with Gasteiger partial charge in [0.25, 0.3) is 0 Å². The molecular weight excluding hydrogens is 372 g/mol. The average molecular weight is 397 g/mol. The van der Waals surface area contributed by atoms with Crippen molar-refractivity contribution in [1.82, 2.24) is 20.4 Å². The summed E-state index contributed by atoms with van der Waals surface area (Å²) in [6, 6.07) is 11.6. The van der Waals surface area contributed by atoms with Gasteiger partial charge in [-0.25, -0.2) is 4.99 Å². The second-order valence-corrected chi connectivity index (χ2v) is 6.91. The topological polar surface area (TPSA) is 83.3 Å². The van der Waals surface area contributed by atoms with Gasteiger partial charge >= 0.3 is 0 Å². The summed E-state index contributed by atoms with van der Waals surface area (Å²) >= 11 is 1.67. The Bertz CT molecular complexity index is 889. The maximum absolute atomic E-state index is 12.1. The van der Waals surface area contributed by atoms with E-state index in [-0.39, 0.29) is 12.5 Å². The molecule has 0 aliphatic heterocycles. The van der Waals surface area contributed by atoms with Crippen molar-refractivity contribution in [3.05, 3.63) is 70.7 Å². The summed E-state index contributed by atoms with van der Waals surface area (Å²) in [4.78, 5) is 16.7. The van der Waals surface area contributed by atoms with Gasteiger partial charge in [-0.1, -0.05) is 12.1 Å². The fourth-order valence-electron chi connectivity index (χ4n) is 2.58. The third-order valence-corrected chi connectivity index (χ3v) is 4.61. The van der Waals surface area contributed by atoms with Crippen molar-refractivity contribution in [1.29, 1.82) is 0 Å². The van der Waals surface area contributed by atoms with Gasteiger partial charge in [0.1, 0.15) is 6.54 Å². The molecule has 1 aromatic carbocycles. The molecule has 0 unspecified atom stereocenters. The highest BCUT2D eigenvalue weighted by Gasteiger charge is 2.05. The Morgan fingerprint density at radius 3 is 2.89 bits per heavy atom. The molecule has 0 atom stereocenters. The van der Waals surface area contributed by atoms with E-state index in [1.807, 2.05) is 31.2 Å². The molecule has 3 N–H and O–H groups in total. The molecule has 0 spiro atoms. The van der Waals surface area contributed by atoms with Gasteiger partial charge in [-0.05, 0) is 53.1 Å². The van der Waals surface area contributed by atoms with Crippen LogP contribution in [-0.2, 0) is 24.4 Å². The van der Waals surface area contributed by atoms with Crippen LogP contribution >= 0.6 is 11.3 Å². The van der Waals surface area contributed by atoms with E-state index >= 15 is 0 Å². The smallest absolute Gasteiger partial charge is 0.246 e. The van der Waals surface area contributed by atoms with E-state index in [0.717, 1.165) is 23.8 Å². The number of hydrogen-bond acceptors (Lipinski definition) is 4. The number of rotatable bonds is 8. The maximum atomic E-state index is 12.1. The first-order valence-corrected chi connectivity index (χ1v) is 10.1. The van der Waals surface area contributed by atoms with Crippen molar-refractivity contribution in [3.63, 3.8) is 0 Å². The Hall–Kier alpha value is -3.13. The maximum Gasteiger partial charge on any atom is 0.246 e. The van der Waals surface area contributed by atoms with E-state index in [0.29, 0.717) is 13.1 Å². The van der Waals surface area contributed by atoms with E-state index < -0.39 is 0 Å².